The van der Waals surface area contributed by atoms with Gasteiger partial charge in [-0.3, -0.25) is 4.98 Å². The number of nitrogens with one attached hydrogen (secondary N) is 1. The van der Waals surface area contributed by atoms with Crippen LogP contribution in [0.1, 0.15) is 0 Å². The maximum atomic E-state index is 11.5. The van der Waals surface area contributed by atoms with Gasteiger partial charge in [-0.2, -0.15) is 0 Å². The van der Waals surface area contributed by atoms with Crippen molar-refractivity contribution in [1.82, 2.24) is 19.9 Å². The largest absolute Gasteiger partial charge is 0.378 e. The molecule has 10 heteroatoms. The summed E-state index contributed by atoms with van der Waals surface area (Å²) in [6, 6.07) is 9.90. The lowest BCUT2D eigenvalue weighted by Crippen LogP contribution is -2.49. The predicted molar refractivity (Wildman–Crippen MR) is 125 cm³/mol. The van der Waals surface area contributed by atoms with Gasteiger partial charge in [0, 0.05) is 49.8 Å². The van der Waals surface area contributed by atoms with Crippen molar-refractivity contribution in [2.24, 2.45) is 5.73 Å². The van der Waals surface area contributed by atoms with Crippen LogP contribution in [0.25, 0.3) is 22.3 Å². The first-order valence-corrected chi connectivity index (χ1v) is 11.1. The fourth-order valence-electron chi connectivity index (χ4n) is 4.16. The zero-order valence-corrected chi connectivity index (χ0v) is 18.3. The second-order valence-electron chi connectivity index (χ2n) is 8.08. The molecule has 4 heterocycles. The molecule has 1 atom stereocenters. The highest BCUT2D eigenvalue weighted by molar-refractivity contribution is 5.88. The molecule has 2 aliphatic heterocycles. The van der Waals surface area contributed by atoms with Crippen LogP contribution in [0.5, 0.6) is 0 Å². The highest BCUT2D eigenvalue weighted by atomic mass is 16.5. The van der Waals surface area contributed by atoms with Crippen molar-refractivity contribution in [3.8, 4) is 11.3 Å². The first kappa shape index (κ1) is 21.4. The van der Waals surface area contributed by atoms with E-state index in [1.54, 1.807) is 17.3 Å². The summed E-state index contributed by atoms with van der Waals surface area (Å²) in [6.45, 7) is 5.18. The average molecular weight is 450 g/mol. The lowest BCUT2D eigenvalue weighted by molar-refractivity contribution is -0.00516. The number of anilines is 2. The molecule has 3 aromatic rings. The smallest absolute Gasteiger partial charge is 0.314 e. The average Bonchev–Trinajstić information content (AvgIpc) is 2.88. The summed E-state index contributed by atoms with van der Waals surface area (Å²) in [5, 5.41) is 3.35. The summed E-state index contributed by atoms with van der Waals surface area (Å²) < 4.78 is 11.2. The van der Waals surface area contributed by atoms with Crippen molar-refractivity contribution in [2.45, 2.75) is 6.10 Å². The summed E-state index contributed by atoms with van der Waals surface area (Å²) in [4.78, 5) is 29.2. The van der Waals surface area contributed by atoms with E-state index in [1.165, 1.54) is 5.69 Å². The Labute approximate surface area is 191 Å². The number of pyridine rings is 1. The molecule has 0 spiro atoms. The maximum Gasteiger partial charge on any atom is 0.314 e. The van der Waals surface area contributed by atoms with E-state index in [0.29, 0.717) is 37.6 Å². The Kier molecular flexibility index (Phi) is 6.18. The first-order chi connectivity index (χ1) is 16.2. The molecule has 172 valence electrons. The number of amides is 2. The molecule has 1 aromatic carbocycles. The molecule has 0 saturated carbocycles. The molecule has 5 rings (SSSR count). The van der Waals surface area contributed by atoms with Gasteiger partial charge in [-0.15, -0.1) is 0 Å². The van der Waals surface area contributed by atoms with E-state index >= 15 is 0 Å². The SMILES string of the molecule is NC(=O)N1CCO[C@@H](CNc2nc(-c3ccc(N4CCOCC4)cc3)cc3nccnc23)C1. The number of rotatable bonds is 5. The van der Waals surface area contributed by atoms with Crippen molar-refractivity contribution in [3.63, 3.8) is 0 Å². The molecule has 33 heavy (non-hydrogen) atoms. The quantitative estimate of drug-likeness (QED) is 0.604. The fourth-order valence-corrected chi connectivity index (χ4v) is 4.16. The zero-order valence-electron chi connectivity index (χ0n) is 18.3. The van der Waals surface area contributed by atoms with Gasteiger partial charge >= 0.3 is 6.03 Å². The number of carbonyl (C=O) groups excluding carboxylic acids is 1. The van der Waals surface area contributed by atoms with Crippen molar-refractivity contribution in [2.75, 3.05) is 62.8 Å². The van der Waals surface area contributed by atoms with Gasteiger partial charge in [0.1, 0.15) is 5.52 Å². The van der Waals surface area contributed by atoms with E-state index in [-0.39, 0.29) is 6.10 Å². The van der Waals surface area contributed by atoms with Crippen LogP contribution in [-0.4, -0.2) is 84.5 Å². The van der Waals surface area contributed by atoms with Crippen LogP contribution in [0.2, 0.25) is 0 Å². The Balaban J connectivity index is 1.37. The molecular weight excluding hydrogens is 422 g/mol. The molecule has 0 unspecified atom stereocenters. The number of ether oxygens (including phenoxy) is 2. The number of carbonyl (C=O) groups is 1. The molecule has 2 aliphatic rings. The Morgan fingerprint density at radius 3 is 2.67 bits per heavy atom. The number of urea groups is 1. The summed E-state index contributed by atoms with van der Waals surface area (Å²) in [5.74, 6) is 0.632. The van der Waals surface area contributed by atoms with Crippen molar-refractivity contribution in [1.29, 1.82) is 0 Å². The lowest BCUT2D eigenvalue weighted by Gasteiger charge is -2.31. The number of hydrogen-bond acceptors (Lipinski definition) is 8. The minimum Gasteiger partial charge on any atom is -0.378 e. The summed E-state index contributed by atoms with van der Waals surface area (Å²) in [5.41, 5.74) is 9.85. The fraction of sp³-hybridized carbons (Fsp3) is 0.391. The zero-order chi connectivity index (χ0) is 22.6. The number of hydrogen-bond donors (Lipinski definition) is 2. The highest BCUT2D eigenvalue weighted by Crippen LogP contribution is 2.27. The molecule has 3 N–H and O–H groups in total. The molecule has 10 nitrogen and oxygen atoms in total. The van der Waals surface area contributed by atoms with E-state index in [9.17, 15) is 4.79 Å². The number of benzene rings is 1. The highest BCUT2D eigenvalue weighted by Gasteiger charge is 2.23. The Morgan fingerprint density at radius 1 is 1.09 bits per heavy atom. The third kappa shape index (κ3) is 4.81. The normalized spacial score (nSPS) is 19.0. The van der Waals surface area contributed by atoms with Crippen molar-refractivity contribution < 1.29 is 14.3 Å². The van der Waals surface area contributed by atoms with Gasteiger partial charge in [-0.1, -0.05) is 12.1 Å². The number of aromatic nitrogens is 3. The number of nitrogens with zero attached hydrogens (tertiary/aromatic N) is 5. The molecule has 0 bridgehead atoms. The first-order valence-electron chi connectivity index (χ1n) is 11.1. The van der Waals surface area contributed by atoms with Crippen LogP contribution in [0, 0.1) is 0 Å². The van der Waals surface area contributed by atoms with Crippen molar-refractivity contribution >= 4 is 28.6 Å². The van der Waals surface area contributed by atoms with E-state index < -0.39 is 6.03 Å². The van der Waals surface area contributed by atoms with Gasteiger partial charge < -0.3 is 30.3 Å². The van der Waals surface area contributed by atoms with E-state index in [1.807, 2.05) is 6.07 Å². The topological polar surface area (TPSA) is 119 Å². The number of primary amides is 1. The van der Waals surface area contributed by atoms with Crippen LogP contribution < -0.4 is 16.0 Å². The van der Waals surface area contributed by atoms with Gasteiger partial charge in [0.15, 0.2) is 5.82 Å². The van der Waals surface area contributed by atoms with Gasteiger partial charge in [-0.05, 0) is 18.2 Å². The summed E-state index contributed by atoms with van der Waals surface area (Å²) in [6.07, 6.45) is 3.14. The maximum absolute atomic E-state index is 11.5. The number of nitrogens with two attached hydrogens (primary N) is 1. The predicted octanol–water partition coefficient (Wildman–Crippen LogP) is 1.72. The van der Waals surface area contributed by atoms with Crippen molar-refractivity contribution in [3.05, 3.63) is 42.7 Å². The van der Waals surface area contributed by atoms with Gasteiger partial charge in [-0.25, -0.2) is 14.8 Å². The third-order valence-electron chi connectivity index (χ3n) is 5.94. The molecule has 2 aromatic heterocycles. The van der Waals surface area contributed by atoms with Gasteiger partial charge in [0.05, 0.1) is 43.7 Å². The Bertz CT molecular complexity index is 1120. The standard InChI is InChI=1S/C23H27N7O3/c24-23(31)30-9-12-33-18(15-30)14-27-22-21-20(25-5-6-26-21)13-19(28-22)16-1-3-17(4-2-16)29-7-10-32-11-8-29/h1-6,13,18H,7-12,14-15H2,(H2,24,31)(H,27,28)/t18-/m0/s1. The van der Waals surface area contributed by atoms with Gasteiger partial charge in [0.25, 0.3) is 0 Å². The number of fused-ring (bicyclic) bond motifs is 1. The summed E-state index contributed by atoms with van der Waals surface area (Å²) >= 11 is 0. The molecule has 2 saturated heterocycles. The monoisotopic (exact) mass is 449 g/mol. The van der Waals surface area contributed by atoms with Crippen LogP contribution >= 0.6 is 0 Å². The Hall–Kier alpha value is -3.50. The van der Waals surface area contributed by atoms with Crippen LogP contribution in [0.4, 0.5) is 16.3 Å². The minimum absolute atomic E-state index is 0.184. The van der Waals surface area contributed by atoms with E-state index in [4.69, 9.17) is 20.2 Å². The molecule has 2 amide bonds. The van der Waals surface area contributed by atoms with E-state index in [0.717, 1.165) is 43.1 Å². The molecule has 0 aliphatic carbocycles. The summed E-state index contributed by atoms with van der Waals surface area (Å²) in [7, 11) is 0. The molecular formula is C23H27N7O3. The van der Waals surface area contributed by atoms with E-state index in [2.05, 4.69) is 44.5 Å². The third-order valence-corrected chi connectivity index (χ3v) is 5.94. The lowest BCUT2D eigenvalue weighted by atomic mass is 10.1. The van der Waals surface area contributed by atoms with Crippen LogP contribution in [0.3, 0.4) is 0 Å². The van der Waals surface area contributed by atoms with Crippen LogP contribution in [-0.2, 0) is 9.47 Å². The second-order valence-corrected chi connectivity index (χ2v) is 8.08. The number of morpholine rings is 2. The van der Waals surface area contributed by atoms with Gasteiger partial charge in [0.2, 0.25) is 0 Å². The Morgan fingerprint density at radius 2 is 1.88 bits per heavy atom. The minimum atomic E-state index is -0.430. The molecule has 2 fully saturated rings. The second kappa shape index (κ2) is 9.55. The van der Waals surface area contributed by atoms with Crippen LogP contribution in [0.15, 0.2) is 42.7 Å². The molecule has 0 radical (unpaired) electrons.